The van der Waals surface area contributed by atoms with Gasteiger partial charge in [0.25, 0.3) is 0 Å². The first-order valence-electron chi connectivity index (χ1n) is 4.92. The molecular formula is C11H15Cl2NO2. The molecule has 0 amide bonds. The Morgan fingerprint density at radius 3 is 2.69 bits per heavy atom. The van der Waals surface area contributed by atoms with Crippen LogP contribution in [0.4, 0.5) is 0 Å². The van der Waals surface area contributed by atoms with Crippen molar-refractivity contribution in [1.82, 2.24) is 5.32 Å². The Bertz CT molecular complexity index is 328. The molecule has 0 saturated heterocycles. The molecule has 0 spiro atoms. The van der Waals surface area contributed by atoms with E-state index in [0.717, 1.165) is 0 Å². The molecule has 1 N–H and O–H groups in total. The predicted molar refractivity (Wildman–Crippen MR) is 66.7 cm³/mol. The molecule has 0 radical (unpaired) electrons. The van der Waals surface area contributed by atoms with Crippen molar-refractivity contribution in [1.29, 1.82) is 0 Å². The van der Waals surface area contributed by atoms with Crippen LogP contribution < -0.4 is 10.1 Å². The van der Waals surface area contributed by atoms with Gasteiger partial charge in [0.2, 0.25) is 0 Å². The Labute approximate surface area is 106 Å². The summed E-state index contributed by atoms with van der Waals surface area (Å²) in [5.74, 6) is 0.614. The highest BCUT2D eigenvalue weighted by molar-refractivity contribution is 6.35. The molecule has 0 aliphatic carbocycles. The fraction of sp³-hybridized carbons (Fsp3) is 0.455. The van der Waals surface area contributed by atoms with E-state index in [2.05, 4.69) is 5.32 Å². The molecule has 1 unspecified atom stereocenters. The second-order valence-corrected chi connectivity index (χ2v) is 4.17. The summed E-state index contributed by atoms with van der Waals surface area (Å²) in [6.07, 6.45) is -0.0753. The lowest BCUT2D eigenvalue weighted by molar-refractivity contribution is 0.0819. The summed E-state index contributed by atoms with van der Waals surface area (Å²) in [6.45, 7) is 1.19. The summed E-state index contributed by atoms with van der Waals surface area (Å²) in [6, 6.07) is 5.15. The molecule has 1 aromatic carbocycles. The maximum atomic E-state index is 6.00. The Morgan fingerprint density at radius 2 is 2.12 bits per heavy atom. The minimum atomic E-state index is -0.0753. The first-order valence-corrected chi connectivity index (χ1v) is 5.68. The van der Waals surface area contributed by atoms with Gasteiger partial charge in [0.1, 0.15) is 11.9 Å². The fourth-order valence-electron chi connectivity index (χ4n) is 1.30. The van der Waals surface area contributed by atoms with Gasteiger partial charge in [-0.05, 0) is 25.2 Å². The van der Waals surface area contributed by atoms with E-state index in [1.807, 2.05) is 7.05 Å². The van der Waals surface area contributed by atoms with Crippen LogP contribution in [-0.2, 0) is 4.74 Å². The molecule has 5 heteroatoms. The zero-order valence-corrected chi connectivity index (χ0v) is 10.8. The second kappa shape index (κ2) is 6.97. The molecule has 1 atom stereocenters. The maximum Gasteiger partial charge on any atom is 0.138 e. The standard InChI is InChI=1S/C11H15Cl2NO2/c1-14-6-9(7-15-2)16-11-4-3-8(12)5-10(11)13/h3-5,9,14H,6-7H2,1-2H3. The molecule has 0 aliphatic heterocycles. The summed E-state index contributed by atoms with van der Waals surface area (Å²) < 4.78 is 10.8. The van der Waals surface area contributed by atoms with Gasteiger partial charge in [-0.3, -0.25) is 0 Å². The molecular weight excluding hydrogens is 249 g/mol. The molecule has 0 aliphatic rings. The Kier molecular flexibility index (Phi) is 5.91. The lowest BCUT2D eigenvalue weighted by atomic mass is 10.3. The van der Waals surface area contributed by atoms with Crippen molar-refractivity contribution < 1.29 is 9.47 Å². The van der Waals surface area contributed by atoms with E-state index in [1.165, 1.54) is 0 Å². The van der Waals surface area contributed by atoms with Gasteiger partial charge in [0, 0.05) is 18.7 Å². The number of methoxy groups -OCH3 is 1. The second-order valence-electron chi connectivity index (χ2n) is 3.33. The normalized spacial score (nSPS) is 12.5. The minimum absolute atomic E-state index is 0.0753. The smallest absolute Gasteiger partial charge is 0.138 e. The monoisotopic (exact) mass is 263 g/mol. The fourth-order valence-corrected chi connectivity index (χ4v) is 1.75. The van der Waals surface area contributed by atoms with Gasteiger partial charge in [-0.25, -0.2) is 0 Å². The van der Waals surface area contributed by atoms with E-state index in [9.17, 15) is 0 Å². The van der Waals surface area contributed by atoms with E-state index in [4.69, 9.17) is 32.7 Å². The highest BCUT2D eigenvalue weighted by Crippen LogP contribution is 2.28. The minimum Gasteiger partial charge on any atom is -0.485 e. The van der Waals surface area contributed by atoms with Crippen molar-refractivity contribution in [3.05, 3.63) is 28.2 Å². The van der Waals surface area contributed by atoms with Crippen molar-refractivity contribution in [2.24, 2.45) is 0 Å². The number of benzene rings is 1. The van der Waals surface area contributed by atoms with Crippen LogP contribution in [0.2, 0.25) is 10.0 Å². The molecule has 0 bridgehead atoms. The number of likely N-dealkylation sites (N-methyl/N-ethyl adjacent to an activating group) is 1. The van der Waals surface area contributed by atoms with Gasteiger partial charge in [-0.2, -0.15) is 0 Å². The van der Waals surface area contributed by atoms with Gasteiger partial charge < -0.3 is 14.8 Å². The number of hydrogen-bond acceptors (Lipinski definition) is 3. The lowest BCUT2D eigenvalue weighted by Crippen LogP contribution is -2.33. The molecule has 1 rings (SSSR count). The third kappa shape index (κ3) is 4.18. The molecule has 1 aromatic rings. The predicted octanol–water partition coefficient (Wildman–Crippen LogP) is 2.61. The van der Waals surface area contributed by atoms with Crippen molar-refractivity contribution in [2.75, 3.05) is 27.3 Å². The van der Waals surface area contributed by atoms with Crippen LogP contribution in [0.25, 0.3) is 0 Å². The number of ether oxygens (including phenoxy) is 2. The Hall–Kier alpha value is -0.480. The lowest BCUT2D eigenvalue weighted by Gasteiger charge is -2.18. The van der Waals surface area contributed by atoms with E-state index >= 15 is 0 Å². The summed E-state index contributed by atoms with van der Waals surface area (Å²) in [4.78, 5) is 0. The summed E-state index contributed by atoms with van der Waals surface area (Å²) in [7, 11) is 3.49. The number of hydrogen-bond donors (Lipinski definition) is 1. The molecule has 0 heterocycles. The average Bonchev–Trinajstić information content (AvgIpc) is 2.23. The third-order valence-corrected chi connectivity index (χ3v) is 2.50. The van der Waals surface area contributed by atoms with Crippen molar-refractivity contribution in [3.8, 4) is 5.75 Å². The van der Waals surface area contributed by atoms with Crippen LogP contribution in [0.3, 0.4) is 0 Å². The van der Waals surface area contributed by atoms with Crippen LogP contribution in [0.1, 0.15) is 0 Å². The first kappa shape index (κ1) is 13.6. The maximum absolute atomic E-state index is 6.00. The van der Waals surface area contributed by atoms with Crippen LogP contribution >= 0.6 is 23.2 Å². The topological polar surface area (TPSA) is 30.5 Å². The molecule has 90 valence electrons. The quantitative estimate of drug-likeness (QED) is 0.856. The summed E-state index contributed by atoms with van der Waals surface area (Å²) >= 11 is 11.8. The van der Waals surface area contributed by atoms with Crippen LogP contribution in [-0.4, -0.2) is 33.4 Å². The molecule has 0 fully saturated rings. The SMILES string of the molecule is CNCC(COC)Oc1ccc(Cl)cc1Cl. The van der Waals surface area contributed by atoms with Gasteiger partial charge >= 0.3 is 0 Å². The highest BCUT2D eigenvalue weighted by atomic mass is 35.5. The van der Waals surface area contributed by atoms with Crippen LogP contribution in [0.5, 0.6) is 5.75 Å². The summed E-state index contributed by atoms with van der Waals surface area (Å²) in [5.41, 5.74) is 0. The Balaban J connectivity index is 2.68. The average molecular weight is 264 g/mol. The number of nitrogens with one attached hydrogen (secondary N) is 1. The van der Waals surface area contributed by atoms with Gasteiger partial charge in [-0.1, -0.05) is 23.2 Å². The van der Waals surface area contributed by atoms with E-state index in [-0.39, 0.29) is 6.10 Å². The van der Waals surface area contributed by atoms with Gasteiger partial charge in [0.15, 0.2) is 0 Å². The zero-order valence-electron chi connectivity index (χ0n) is 9.30. The molecule has 0 saturated carbocycles. The van der Waals surface area contributed by atoms with Crippen molar-refractivity contribution in [2.45, 2.75) is 6.10 Å². The van der Waals surface area contributed by atoms with Crippen molar-refractivity contribution >= 4 is 23.2 Å². The van der Waals surface area contributed by atoms with Gasteiger partial charge in [0.05, 0.1) is 11.6 Å². The zero-order chi connectivity index (χ0) is 12.0. The Morgan fingerprint density at radius 1 is 1.38 bits per heavy atom. The molecule has 16 heavy (non-hydrogen) atoms. The molecule has 0 aromatic heterocycles. The largest absolute Gasteiger partial charge is 0.485 e. The van der Waals surface area contributed by atoms with Gasteiger partial charge in [-0.15, -0.1) is 0 Å². The van der Waals surface area contributed by atoms with Crippen LogP contribution in [0, 0.1) is 0 Å². The van der Waals surface area contributed by atoms with E-state index in [0.29, 0.717) is 28.9 Å². The highest BCUT2D eigenvalue weighted by Gasteiger charge is 2.11. The molecule has 3 nitrogen and oxygen atoms in total. The van der Waals surface area contributed by atoms with Crippen LogP contribution in [0.15, 0.2) is 18.2 Å². The van der Waals surface area contributed by atoms with E-state index in [1.54, 1.807) is 25.3 Å². The third-order valence-electron chi connectivity index (χ3n) is 1.97. The number of halogens is 2. The van der Waals surface area contributed by atoms with Crippen molar-refractivity contribution in [3.63, 3.8) is 0 Å². The first-order chi connectivity index (χ1) is 7.67. The van der Waals surface area contributed by atoms with E-state index < -0.39 is 0 Å². The summed E-state index contributed by atoms with van der Waals surface area (Å²) in [5, 5.41) is 4.13. The number of rotatable bonds is 6.